The summed E-state index contributed by atoms with van der Waals surface area (Å²) in [6, 6.07) is 9.50. The van der Waals surface area contributed by atoms with Crippen molar-refractivity contribution in [2.24, 2.45) is 5.10 Å². The van der Waals surface area contributed by atoms with Crippen LogP contribution in [0.25, 0.3) is 0 Å². The number of hydrogen-bond acceptors (Lipinski definition) is 6. The van der Waals surface area contributed by atoms with E-state index in [9.17, 15) is 9.59 Å². The molecule has 8 nitrogen and oxygen atoms in total. The van der Waals surface area contributed by atoms with E-state index in [-0.39, 0.29) is 5.75 Å². The molecule has 2 N–H and O–H groups in total. The summed E-state index contributed by atoms with van der Waals surface area (Å²) in [6.07, 6.45) is 2.17. The SMILES string of the molecule is CCCOc1ccc(C(=O)N/N=C/c2cc(Cl)ccc2OCC(=O)O)cc1OCC. The maximum Gasteiger partial charge on any atom is 0.341 e. The van der Waals surface area contributed by atoms with Crippen LogP contribution in [-0.2, 0) is 4.79 Å². The molecule has 30 heavy (non-hydrogen) atoms. The molecule has 0 aliphatic carbocycles. The van der Waals surface area contributed by atoms with Crippen molar-refractivity contribution in [3.63, 3.8) is 0 Å². The van der Waals surface area contributed by atoms with Crippen LogP contribution in [0.2, 0.25) is 5.02 Å². The summed E-state index contributed by atoms with van der Waals surface area (Å²) < 4.78 is 16.4. The van der Waals surface area contributed by atoms with Gasteiger partial charge in [-0.15, -0.1) is 0 Å². The van der Waals surface area contributed by atoms with Crippen molar-refractivity contribution in [1.29, 1.82) is 0 Å². The summed E-state index contributed by atoms with van der Waals surface area (Å²) in [6.45, 7) is 4.30. The molecule has 9 heteroatoms. The summed E-state index contributed by atoms with van der Waals surface area (Å²) in [5.74, 6) is -0.252. The zero-order chi connectivity index (χ0) is 21.9. The van der Waals surface area contributed by atoms with Crippen LogP contribution in [0.3, 0.4) is 0 Å². The smallest absolute Gasteiger partial charge is 0.341 e. The number of rotatable bonds is 11. The van der Waals surface area contributed by atoms with E-state index in [2.05, 4.69) is 10.5 Å². The third-order valence-corrected chi connectivity index (χ3v) is 3.90. The average Bonchev–Trinajstić information content (AvgIpc) is 2.72. The molecule has 160 valence electrons. The maximum absolute atomic E-state index is 12.4. The van der Waals surface area contributed by atoms with Crippen LogP contribution in [-0.4, -0.2) is 43.0 Å². The zero-order valence-electron chi connectivity index (χ0n) is 16.7. The number of hydrazone groups is 1. The monoisotopic (exact) mass is 434 g/mol. The molecule has 0 aromatic heterocycles. The minimum absolute atomic E-state index is 0.274. The van der Waals surface area contributed by atoms with Crippen molar-refractivity contribution in [3.8, 4) is 17.2 Å². The number of carbonyl (C=O) groups is 2. The molecule has 2 rings (SSSR count). The lowest BCUT2D eigenvalue weighted by Gasteiger charge is -2.12. The predicted molar refractivity (Wildman–Crippen MR) is 113 cm³/mol. The van der Waals surface area contributed by atoms with Gasteiger partial charge in [0, 0.05) is 16.1 Å². The van der Waals surface area contributed by atoms with Crippen LogP contribution in [0.5, 0.6) is 17.2 Å². The first-order chi connectivity index (χ1) is 14.4. The molecule has 1 amide bonds. The minimum atomic E-state index is -1.11. The molecule has 0 spiro atoms. The minimum Gasteiger partial charge on any atom is -0.490 e. The van der Waals surface area contributed by atoms with Crippen LogP contribution in [0, 0.1) is 0 Å². The number of nitrogens with one attached hydrogen (secondary N) is 1. The standard InChI is InChI=1S/C21H23ClN2O6/c1-3-9-29-18-7-5-14(11-19(18)28-4-2)21(27)24-23-12-15-10-16(22)6-8-17(15)30-13-20(25)26/h5-8,10-12H,3-4,9,13H2,1-2H3,(H,24,27)(H,25,26)/b23-12+. The van der Waals surface area contributed by atoms with Gasteiger partial charge < -0.3 is 19.3 Å². The van der Waals surface area contributed by atoms with E-state index < -0.39 is 18.5 Å². The fraction of sp³-hybridized carbons (Fsp3) is 0.286. The zero-order valence-corrected chi connectivity index (χ0v) is 17.4. The van der Waals surface area contributed by atoms with E-state index in [0.717, 1.165) is 6.42 Å². The Morgan fingerprint density at radius 3 is 2.53 bits per heavy atom. The molecule has 0 bridgehead atoms. The molecule has 0 unspecified atom stereocenters. The Bertz CT molecular complexity index is 916. The number of nitrogens with zero attached hydrogens (tertiary/aromatic N) is 1. The molecule has 0 aliphatic heterocycles. The van der Waals surface area contributed by atoms with Crippen molar-refractivity contribution in [2.45, 2.75) is 20.3 Å². The maximum atomic E-state index is 12.4. The van der Waals surface area contributed by atoms with Crippen LogP contribution < -0.4 is 19.6 Å². The van der Waals surface area contributed by atoms with E-state index in [1.807, 2.05) is 13.8 Å². The van der Waals surface area contributed by atoms with Crippen molar-refractivity contribution in [1.82, 2.24) is 5.43 Å². The van der Waals surface area contributed by atoms with Gasteiger partial charge in [-0.3, -0.25) is 4.79 Å². The van der Waals surface area contributed by atoms with E-state index in [4.69, 9.17) is 30.9 Å². The van der Waals surface area contributed by atoms with Gasteiger partial charge in [-0.2, -0.15) is 5.10 Å². The highest BCUT2D eigenvalue weighted by molar-refractivity contribution is 6.30. The highest BCUT2D eigenvalue weighted by atomic mass is 35.5. The predicted octanol–water partition coefficient (Wildman–Crippen LogP) is 3.75. The largest absolute Gasteiger partial charge is 0.490 e. The quantitative estimate of drug-likeness (QED) is 0.412. The molecule has 0 fully saturated rings. The van der Waals surface area contributed by atoms with Gasteiger partial charge in [0.25, 0.3) is 5.91 Å². The van der Waals surface area contributed by atoms with Crippen molar-refractivity contribution >= 4 is 29.7 Å². The van der Waals surface area contributed by atoms with E-state index >= 15 is 0 Å². The lowest BCUT2D eigenvalue weighted by atomic mass is 10.2. The summed E-state index contributed by atoms with van der Waals surface area (Å²) >= 11 is 5.97. The lowest BCUT2D eigenvalue weighted by Crippen LogP contribution is -2.18. The molecule has 0 saturated carbocycles. The number of carboxylic acids is 1. The van der Waals surface area contributed by atoms with Crippen LogP contribution in [0.4, 0.5) is 0 Å². The highest BCUT2D eigenvalue weighted by Gasteiger charge is 2.12. The number of ether oxygens (including phenoxy) is 3. The van der Waals surface area contributed by atoms with Gasteiger partial charge in [-0.1, -0.05) is 18.5 Å². The van der Waals surface area contributed by atoms with Gasteiger partial charge in [0.05, 0.1) is 19.4 Å². The van der Waals surface area contributed by atoms with Crippen molar-refractivity contribution in [2.75, 3.05) is 19.8 Å². The molecular formula is C21H23ClN2O6. The van der Waals surface area contributed by atoms with Gasteiger partial charge in [0.2, 0.25) is 0 Å². The van der Waals surface area contributed by atoms with Gasteiger partial charge >= 0.3 is 5.97 Å². The van der Waals surface area contributed by atoms with Gasteiger partial charge in [-0.05, 0) is 49.7 Å². The summed E-state index contributed by atoms with van der Waals surface area (Å²) in [5, 5.41) is 13.1. The number of hydrogen-bond donors (Lipinski definition) is 2. The molecule has 0 atom stereocenters. The fourth-order valence-electron chi connectivity index (χ4n) is 2.37. The molecule has 0 heterocycles. The molecule has 0 saturated heterocycles. The third kappa shape index (κ3) is 6.97. The topological polar surface area (TPSA) is 106 Å². The van der Waals surface area contributed by atoms with Gasteiger partial charge in [0.1, 0.15) is 5.75 Å². The van der Waals surface area contributed by atoms with Crippen molar-refractivity contribution in [3.05, 3.63) is 52.5 Å². The third-order valence-electron chi connectivity index (χ3n) is 3.66. The second-order valence-corrected chi connectivity index (χ2v) is 6.44. The average molecular weight is 435 g/mol. The van der Waals surface area contributed by atoms with Crippen LogP contribution in [0.1, 0.15) is 36.2 Å². The van der Waals surface area contributed by atoms with Crippen LogP contribution in [0.15, 0.2) is 41.5 Å². The Kier molecular flexibility index (Phi) is 8.96. The number of benzene rings is 2. The first-order valence-electron chi connectivity index (χ1n) is 9.31. The molecule has 0 radical (unpaired) electrons. The Morgan fingerprint density at radius 2 is 1.83 bits per heavy atom. The number of carbonyl (C=O) groups excluding carboxylic acids is 1. The second kappa shape index (κ2) is 11.7. The molecule has 0 aliphatic rings. The van der Waals surface area contributed by atoms with E-state index in [0.29, 0.717) is 40.9 Å². The Balaban J connectivity index is 2.11. The molecule has 2 aromatic rings. The normalized spacial score (nSPS) is 10.6. The van der Waals surface area contributed by atoms with E-state index in [1.165, 1.54) is 12.3 Å². The fourth-order valence-corrected chi connectivity index (χ4v) is 2.55. The Hall–Kier alpha value is -3.26. The Labute approximate surface area is 179 Å². The summed E-state index contributed by atoms with van der Waals surface area (Å²) in [4.78, 5) is 23.1. The first kappa shape index (κ1) is 23.0. The second-order valence-electron chi connectivity index (χ2n) is 6.01. The number of carboxylic acid groups (broad SMARTS) is 1. The lowest BCUT2D eigenvalue weighted by molar-refractivity contribution is -0.139. The Morgan fingerprint density at radius 1 is 1.07 bits per heavy atom. The molecular weight excluding hydrogens is 412 g/mol. The number of aliphatic carboxylic acids is 1. The highest BCUT2D eigenvalue weighted by Crippen LogP contribution is 2.28. The number of amides is 1. The van der Waals surface area contributed by atoms with Crippen molar-refractivity contribution < 1.29 is 28.9 Å². The first-order valence-corrected chi connectivity index (χ1v) is 9.69. The molecule has 2 aromatic carbocycles. The summed E-state index contributed by atoms with van der Waals surface area (Å²) in [7, 11) is 0. The summed E-state index contributed by atoms with van der Waals surface area (Å²) in [5.41, 5.74) is 3.17. The number of halogens is 1. The van der Waals surface area contributed by atoms with Gasteiger partial charge in [-0.25, -0.2) is 10.2 Å². The van der Waals surface area contributed by atoms with E-state index in [1.54, 1.807) is 30.3 Å². The van der Waals surface area contributed by atoms with Gasteiger partial charge in [0.15, 0.2) is 18.1 Å². The van der Waals surface area contributed by atoms with Crippen LogP contribution >= 0.6 is 11.6 Å².